The van der Waals surface area contributed by atoms with Crippen LogP contribution in [0.1, 0.15) is 26.7 Å². The van der Waals surface area contributed by atoms with Crippen molar-refractivity contribution in [3.8, 4) is 0 Å². The first-order valence-electron chi connectivity index (χ1n) is 9.17. The van der Waals surface area contributed by atoms with E-state index in [0.29, 0.717) is 6.04 Å². The molecule has 0 radical (unpaired) electrons. The fourth-order valence-corrected chi connectivity index (χ4v) is 4.05. The summed E-state index contributed by atoms with van der Waals surface area (Å²) in [5, 5.41) is 0.783. The minimum absolute atomic E-state index is 0. The van der Waals surface area contributed by atoms with E-state index >= 15 is 0 Å². The van der Waals surface area contributed by atoms with Crippen molar-refractivity contribution in [3.05, 3.63) is 29.3 Å². The van der Waals surface area contributed by atoms with Crippen LogP contribution < -0.4 is 10.6 Å². The molecule has 1 aromatic carbocycles. The van der Waals surface area contributed by atoms with Gasteiger partial charge in [-0.15, -0.1) is 24.8 Å². The topological polar surface area (TPSA) is 52.8 Å². The van der Waals surface area contributed by atoms with Crippen LogP contribution in [0.15, 0.2) is 24.3 Å². The zero-order valence-corrected chi connectivity index (χ0v) is 18.5. The van der Waals surface area contributed by atoms with Gasteiger partial charge in [-0.05, 0) is 44.9 Å². The van der Waals surface area contributed by atoms with Crippen molar-refractivity contribution in [2.45, 2.75) is 38.3 Å². The maximum absolute atomic E-state index is 12.5. The van der Waals surface area contributed by atoms with Gasteiger partial charge in [0.25, 0.3) is 0 Å². The summed E-state index contributed by atoms with van der Waals surface area (Å²) < 4.78 is 0. The summed E-state index contributed by atoms with van der Waals surface area (Å²) in [7, 11) is 0. The fourth-order valence-electron chi connectivity index (χ4n) is 3.86. The second kappa shape index (κ2) is 10.2. The molecule has 2 heterocycles. The molecule has 2 N–H and O–H groups in total. The molecule has 0 aliphatic carbocycles. The normalized spacial score (nSPS) is 21.3. The van der Waals surface area contributed by atoms with E-state index in [9.17, 15) is 4.79 Å². The molecule has 2 fully saturated rings. The molecule has 2 aliphatic rings. The number of rotatable bonds is 3. The lowest BCUT2D eigenvalue weighted by Crippen LogP contribution is -2.59. The highest BCUT2D eigenvalue weighted by Crippen LogP contribution is 2.23. The van der Waals surface area contributed by atoms with Gasteiger partial charge >= 0.3 is 0 Å². The Labute approximate surface area is 180 Å². The second-order valence-corrected chi connectivity index (χ2v) is 8.21. The third-order valence-electron chi connectivity index (χ3n) is 5.24. The number of hydrogen-bond donors (Lipinski definition) is 1. The standard InChI is InChI=1S/C19H29ClN4O.2ClH/c1-19(2,21)18(25)24-8-4-7-17(14-24)23-11-9-22(10-12-23)16-6-3-5-15(20)13-16;;/h3,5-6,13,17H,4,7-12,14,21H2,1-2H3;2*1H. The van der Waals surface area contributed by atoms with E-state index in [1.807, 2.05) is 23.1 Å². The molecule has 8 heteroatoms. The second-order valence-electron chi connectivity index (χ2n) is 7.77. The minimum Gasteiger partial charge on any atom is -0.369 e. The van der Waals surface area contributed by atoms with Crippen LogP contribution in [0.25, 0.3) is 0 Å². The van der Waals surface area contributed by atoms with Crippen LogP contribution >= 0.6 is 36.4 Å². The summed E-state index contributed by atoms with van der Waals surface area (Å²) in [5.74, 6) is 0.0646. The Hall–Kier alpha value is -0.720. The highest BCUT2D eigenvalue weighted by Gasteiger charge is 2.34. The zero-order valence-electron chi connectivity index (χ0n) is 16.1. The Morgan fingerprint density at radius 2 is 1.81 bits per heavy atom. The number of halogens is 3. The predicted molar refractivity (Wildman–Crippen MR) is 118 cm³/mol. The number of piperazine rings is 1. The molecule has 1 amide bonds. The highest BCUT2D eigenvalue weighted by atomic mass is 35.5. The lowest BCUT2D eigenvalue weighted by Gasteiger charge is -2.44. The Morgan fingerprint density at radius 3 is 2.41 bits per heavy atom. The summed E-state index contributed by atoms with van der Waals surface area (Å²) in [5.41, 5.74) is 6.41. The average molecular weight is 438 g/mol. The van der Waals surface area contributed by atoms with Gasteiger partial charge in [0.15, 0.2) is 0 Å². The van der Waals surface area contributed by atoms with Crippen LogP contribution in [-0.4, -0.2) is 66.6 Å². The molecule has 1 atom stereocenters. The van der Waals surface area contributed by atoms with Crippen LogP contribution in [0.2, 0.25) is 5.02 Å². The van der Waals surface area contributed by atoms with Crippen molar-refractivity contribution >= 4 is 48.0 Å². The van der Waals surface area contributed by atoms with Gasteiger partial charge in [0.1, 0.15) is 0 Å². The van der Waals surface area contributed by atoms with Crippen molar-refractivity contribution in [1.82, 2.24) is 9.80 Å². The maximum Gasteiger partial charge on any atom is 0.242 e. The van der Waals surface area contributed by atoms with Crippen molar-refractivity contribution in [2.24, 2.45) is 5.73 Å². The molecule has 1 unspecified atom stereocenters. The molecule has 3 rings (SSSR count). The minimum atomic E-state index is -0.785. The summed E-state index contributed by atoms with van der Waals surface area (Å²) in [4.78, 5) is 19.4. The molecular weight excluding hydrogens is 407 g/mol. The van der Waals surface area contributed by atoms with Gasteiger partial charge in [-0.3, -0.25) is 9.69 Å². The van der Waals surface area contributed by atoms with Gasteiger partial charge in [-0.1, -0.05) is 17.7 Å². The smallest absolute Gasteiger partial charge is 0.242 e. The van der Waals surface area contributed by atoms with E-state index in [1.54, 1.807) is 13.8 Å². The van der Waals surface area contributed by atoms with E-state index in [2.05, 4.69) is 15.9 Å². The molecule has 0 spiro atoms. The number of carbonyl (C=O) groups excluding carboxylic acids is 1. The van der Waals surface area contributed by atoms with Crippen molar-refractivity contribution in [2.75, 3.05) is 44.2 Å². The van der Waals surface area contributed by atoms with Gasteiger partial charge in [-0.2, -0.15) is 0 Å². The van der Waals surface area contributed by atoms with Gasteiger partial charge in [0.05, 0.1) is 5.54 Å². The molecule has 154 valence electrons. The maximum atomic E-state index is 12.5. The first-order valence-corrected chi connectivity index (χ1v) is 9.55. The number of benzene rings is 1. The van der Waals surface area contributed by atoms with Gasteiger partial charge in [0, 0.05) is 56.0 Å². The monoisotopic (exact) mass is 436 g/mol. The van der Waals surface area contributed by atoms with Gasteiger partial charge in [0.2, 0.25) is 5.91 Å². The Bertz CT molecular complexity index is 615. The molecule has 0 saturated carbocycles. The number of anilines is 1. The van der Waals surface area contributed by atoms with E-state index in [0.717, 1.165) is 57.1 Å². The lowest BCUT2D eigenvalue weighted by atomic mass is 9.99. The number of carbonyl (C=O) groups is 1. The summed E-state index contributed by atoms with van der Waals surface area (Å²) >= 11 is 6.11. The lowest BCUT2D eigenvalue weighted by molar-refractivity contribution is -0.138. The Balaban J connectivity index is 0.00000182. The highest BCUT2D eigenvalue weighted by molar-refractivity contribution is 6.30. The van der Waals surface area contributed by atoms with E-state index < -0.39 is 5.54 Å². The van der Waals surface area contributed by atoms with Crippen molar-refractivity contribution in [3.63, 3.8) is 0 Å². The number of amides is 1. The number of nitrogens with two attached hydrogens (primary N) is 1. The molecule has 27 heavy (non-hydrogen) atoms. The molecule has 0 aromatic heterocycles. The van der Waals surface area contributed by atoms with Crippen LogP contribution in [0.5, 0.6) is 0 Å². The first kappa shape index (κ1) is 24.3. The summed E-state index contributed by atoms with van der Waals surface area (Å²) in [6.07, 6.45) is 2.22. The van der Waals surface area contributed by atoms with Gasteiger partial charge in [-0.25, -0.2) is 0 Å². The van der Waals surface area contributed by atoms with Crippen LogP contribution in [0, 0.1) is 0 Å². The van der Waals surface area contributed by atoms with E-state index in [-0.39, 0.29) is 30.7 Å². The SMILES string of the molecule is CC(C)(N)C(=O)N1CCCC(N2CCN(c3cccc(Cl)c3)CC2)C1.Cl.Cl. The molecule has 2 aliphatic heterocycles. The van der Waals surface area contributed by atoms with E-state index in [1.165, 1.54) is 5.69 Å². The number of nitrogens with zero attached hydrogens (tertiary/aromatic N) is 3. The zero-order chi connectivity index (χ0) is 18.0. The summed E-state index contributed by atoms with van der Waals surface area (Å²) in [6.45, 7) is 9.25. The number of piperidine rings is 1. The third kappa shape index (κ3) is 6.13. The van der Waals surface area contributed by atoms with Gasteiger partial charge < -0.3 is 15.5 Å². The molecular formula is C19H31Cl3N4O. The van der Waals surface area contributed by atoms with Crippen molar-refractivity contribution in [1.29, 1.82) is 0 Å². The summed E-state index contributed by atoms with van der Waals surface area (Å²) in [6, 6.07) is 8.51. The first-order chi connectivity index (χ1) is 11.8. The molecule has 5 nitrogen and oxygen atoms in total. The quantitative estimate of drug-likeness (QED) is 0.790. The largest absolute Gasteiger partial charge is 0.369 e. The predicted octanol–water partition coefficient (Wildman–Crippen LogP) is 3.03. The molecule has 2 saturated heterocycles. The van der Waals surface area contributed by atoms with Crippen LogP contribution in [-0.2, 0) is 4.79 Å². The number of hydrogen-bond acceptors (Lipinski definition) is 4. The number of likely N-dealkylation sites (tertiary alicyclic amines) is 1. The Kier molecular flexibility index (Phi) is 9.16. The van der Waals surface area contributed by atoms with Crippen molar-refractivity contribution < 1.29 is 4.79 Å². The van der Waals surface area contributed by atoms with Crippen LogP contribution in [0.4, 0.5) is 5.69 Å². The van der Waals surface area contributed by atoms with Crippen LogP contribution in [0.3, 0.4) is 0 Å². The van der Waals surface area contributed by atoms with E-state index in [4.69, 9.17) is 17.3 Å². The molecule has 0 bridgehead atoms. The molecule has 1 aromatic rings. The Morgan fingerprint density at radius 1 is 1.15 bits per heavy atom. The third-order valence-corrected chi connectivity index (χ3v) is 5.47. The fraction of sp³-hybridized carbons (Fsp3) is 0.632. The average Bonchev–Trinajstić information content (AvgIpc) is 2.60.